The number of carbonyl (C=O) groups is 2. The van der Waals surface area contributed by atoms with Gasteiger partial charge in [0, 0.05) is 50.5 Å². The lowest BCUT2D eigenvalue weighted by Crippen LogP contribution is -2.50. The number of ether oxygens (including phenoxy) is 1. The summed E-state index contributed by atoms with van der Waals surface area (Å²) in [5.74, 6) is -1.92. The Kier molecular flexibility index (Phi) is 6.48. The van der Waals surface area contributed by atoms with Gasteiger partial charge in [-0.05, 0) is 45.2 Å². The summed E-state index contributed by atoms with van der Waals surface area (Å²) in [7, 11) is 0. The maximum Gasteiger partial charge on any atom is 0.274 e. The molecule has 1 aromatic carbocycles. The predicted octanol–water partition coefficient (Wildman–Crippen LogP) is 2.25. The van der Waals surface area contributed by atoms with Crippen molar-refractivity contribution in [1.29, 1.82) is 0 Å². The molecule has 2 aliphatic heterocycles. The van der Waals surface area contributed by atoms with Crippen LogP contribution < -0.4 is 4.90 Å². The molecular formula is C25H31F2N5O3. The van der Waals surface area contributed by atoms with Gasteiger partial charge in [-0.1, -0.05) is 6.07 Å². The second-order valence-electron chi connectivity index (χ2n) is 9.69. The Labute approximate surface area is 203 Å². The van der Waals surface area contributed by atoms with Crippen molar-refractivity contribution < 1.29 is 23.1 Å². The highest BCUT2D eigenvalue weighted by molar-refractivity contribution is 5.94. The molecule has 35 heavy (non-hydrogen) atoms. The van der Waals surface area contributed by atoms with Crippen LogP contribution in [-0.2, 0) is 28.9 Å². The molecule has 2 atom stereocenters. The van der Waals surface area contributed by atoms with Gasteiger partial charge in [-0.2, -0.15) is 5.10 Å². The van der Waals surface area contributed by atoms with Crippen molar-refractivity contribution in [3.05, 3.63) is 46.8 Å². The minimum atomic E-state index is -0.875. The Bertz CT molecular complexity index is 1120. The Morgan fingerprint density at radius 1 is 1.03 bits per heavy atom. The van der Waals surface area contributed by atoms with Crippen LogP contribution in [0.15, 0.2) is 18.2 Å². The standard InChI is InChI=1S/C25H31F2N5O3/c1-16-13-31(14-17(2)35-16)25(34)24-18-5-3-7-20(18)32(28-24)15-22(33)30-11-9-29(10-12-30)21-8-4-6-19(26)23(21)27/h4,6,8,16-17H,3,5,7,9-15H2,1-2H3/t16-,17+. The summed E-state index contributed by atoms with van der Waals surface area (Å²) in [6.45, 7) is 6.70. The van der Waals surface area contributed by atoms with Gasteiger partial charge in [0.25, 0.3) is 5.91 Å². The van der Waals surface area contributed by atoms with Crippen molar-refractivity contribution in [1.82, 2.24) is 19.6 Å². The van der Waals surface area contributed by atoms with Crippen LogP contribution >= 0.6 is 0 Å². The van der Waals surface area contributed by atoms with Gasteiger partial charge in [0.1, 0.15) is 6.54 Å². The molecule has 0 saturated carbocycles. The monoisotopic (exact) mass is 487 g/mol. The smallest absolute Gasteiger partial charge is 0.274 e. The summed E-state index contributed by atoms with van der Waals surface area (Å²) in [6.07, 6.45) is 2.47. The van der Waals surface area contributed by atoms with Crippen LogP contribution in [0.2, 0.25) is 0 Å². The normalized spacial score (nSPS) is 22.5. The van der Waals surface area contributed by atoms with Gasteiger partial charge in [-0.3, -0.25) is 14.3 Å². The average Bonchev–Trinajstić information content (AvgIpc) is 3.44. The van der Waals surface area contributed by atoms with E-state index in [0.717, 1.165) is 36.6 Å². The van der Waals surface area contributed by atoms with Crippen molar-refractivity contribution in [3.8, 4) is 0 Å². The number of fused-ring (bicyclic) bond motifs is 1. The predicted molar refractivity (Wildman–Crippen MR) is 125 cm³/mol. The molecule has 0 N–H and O–H groups in total. The van der Waals surface area contributed by atoms with Gasteiger partial charge in [-0.25, -0.2) is 8.78 Å². The SMILES string of the molecule is C[C@@H]1CN(C(=O)c2nn(CC(=O)N3CCN(c4cccc(F)c4F)CC3)c3c2CCC3)C[C@H](C)O1. The van der Waals surface area contributed by atoms with E-state index in [1.165, 1.54) is 6.07 Å². The molecule has 3 aliphatic rings. The van der Waals surface area contributed by atoms with Crippen LogP contribution in [-0.4, -0.2) is 82.9 Å². The van der Waals surface area contributed by atoms with Gasteiger partial charge >= 0.3 is 0 Å². The summed E-state index contributed by atoms with van der Waals surface area (Å²) in [5.41, 5.74) is 2.60. The number of halogens is 2. The Morgan fingerprint density at radius 2 is 1.74 bits per heavy atom. The summed E-state index contributed by atoms with van der Waals surface area (Å²) in [5, 5.41) is 4.61. The van der Waals surface area contributed by atoms with Crippen LogP contribution in [0.3, 0.4) is 0 Å². The number of carbonyl (C=O) groups excluding carboxylic acids is 2. The molecule has 2 amide bonds. The first-order chi connectivity index (χ1) is 16.8. The first-order valence-electron chi connectivity index (χ1n) is 12.3. The maximum absolute atomic E-state index is 14.2. The van der Waals surface area contributed by atoms with E-state index in [4.69, 9.17) is 4.74 Å². The molecule has 5 rings (SSSR count). The summed E-state index contributed by atoms with van der Waals surface area (Å²) in [4.78, 5) is 31.7. The zero-order chi connectivity index (χ0) is 24.7. The van der Waals surface area contributed by atoms with Gasteiger partial charge in [0.15, 0.2) is 17.3 Å². The number of piperazine rings is 1. The van der Waals surface area contributed by atoms with Crippen LogP contribution in [0.5, 0.6) is 0 Å². The van der Waals surface area contributed by atoms with Gasteiger partial charge in [0.2, 0.25) is 5.91 Å². The largest absolute Gasteiger partial charge is 0.372 e. The number of morpholine rings is 1. The summed E-state index contributed by atoms with van der Waals surface area (Å²) < 4.78 is 35.2. The minimum Gasteiger partial charge on any atom is -0.372 e. The molecule has 188 valence electrons. The third-order valence-corrected chi connectivity index (χ3v) is 7.11. The maximum atomic E-state index is 14.2. The second kappa shape index (κ2) is 9.56. The first-order valence-corrected chi connectivity index (χ1v) is 12.3. The lowest BCUT2D eigenvalue weighted by atomic mass is 10.1. The highest BCUT2D eigenvalue weighted by Gasteiger charge is 2.33. The topological polar surface area (TPSA) is 70.9 Å². The molecule has 3 heterocycles. The van der Waals surface area contributed by atoms with Crippen molar-refractivity contribution in [2.75, 3.05) is 44.2 Å². The van der Waals surface area contributed by atoms with E-state index in [0.29, 0.717) is 45.0 Å². The lowest BCUT2D eigenvalue weighted by molar-refractivity contribution is -0.132. The van der Waals surface area contributed by atoms with Crippen molar-refractivity contribution >= 4 is 17.5 Å². The molecule has 2 fully saturated rings. The van der Waals surface area contributed by atoms with E-state index < -0.39 is 11.6 Å². The van der Waals surface area contributed by atoms with Crippen LogP contribution in [0.1, 0.15) is 42.0 Å². The number of amides is 2. The number of anilines is 1. The van der Waals surface area contributed by atoms with E-state index in [9.17, 15) is 18.4 Å². The van der Waals surface area contributed by atoms with Gasteiger partial charge in [0.05, 0.1) is 17.9 Å². The van der Waals surface area contributed by atoms with E-state index in [-0.39, 0.29) is 36.3 Å². The van der Waals surface area contributed by atoms with E-state index in [1.54, 1.807) is 25.4 Å². The van der Waals surface area contributed by atoms with Crippen LogP contribution in [0.25, 0.3) is 0 Å². The van der Waals surface area contributed by atoms with E-state index >= 15 is 0 Å². The lowest BCUT2D eigenvalue weighted by Gasteiger charge is -2.36. The molecule has 0 radical (unpaired) electrons. The summed E-state index contributed by atoms with van der Waals surface area (Å²) >= 11 is 0. The highest BCUT2D eigenvalue weighted by atomic mass is 19.2. The molecule has 0 bridgehead atoms. The van der Waals surface area contributed by atoms with Crippen molar-refractivity contribution in [3.63, 3.8) is 0 Å². The van der Waals surface area contributed by atoms with E-state index in [2.05, 4.69) is 5.10 Å². The number of rotatable bonds is 4. The Morgan fingerprint density at radius 3 is 2.46 bits per heavy atom. The molecule has 0 unspecified atom stereocenters. The molecule has 10 heteroatoms. The third-order valence-electron chi connectivity index (χ3n) is 7.11. The molecule has 0 spiro atoms. The number of aromatic nitrogens is 2. The fourth-order valence-electron chi connectivity index (χ4n) is 5.47. The minimum absolute atomic E-state index is 0.0288. The van der Waals surface area contributed by atoms with Crippen molar-refractivity contribution in [2.45, 2.75) is 51.9 Å². The Balaban J connectivity index is 1.26. The number of benzene rings is 1. The zero-order valence-electron chi connectivity index (χ0n) is 20.2. The van der Waals surface area contributed by atoms with Crippen LogP contribution in [0, 0.1) is 11.6 Å². The second-order valence-corrected chi connectivity index (χ2v) is 9.69. The first kappa shape index (κ1) is 23.7. The number of hydrogen-bond acceptors (Lipinski definition) is 5. The van der Waals surface area contributed by atoms with Crippen LogP contribution in [0.4, 0.5) is 14.5 Å². The number of hydrogen-bond donors (Lipinski definition) is 0. The average molecular weight is 488 g/mol. The Hall–Kier alpha value is -3.01. The fourth-order valence-corrected chi connectivity index (χ4v) is 5.47. The highest BCUT2D eigenvalue weighted by Crippen LogP contribution is 2.28. The van der Waals surface area contributed by atoms with E-state index in [1.807, 2.05) is 13.8 Å². The van der Waals surface area contributed by atoms with Crippen molar-refractivity contribution in [2.24, 2.45) is 0 Å². The van der Waals surface area contributed by atoms with Gasteiger partial charge in [-0.15, -0.1) is 0 Å². The molecular weight excluding hydrogens is 456 g/mol. The molecule has 2 saturated heterocycles. The molecule has 2 aromatic rings. The molecule has 1 aliphatic carbocycles. The molecule has 1 aromatic heterocycles. The third kappa shape index (κ3) is 4.63. The fraction of sp³-hybridized carbons (Fsp3) is 0.560. The zero-order valence-corrected chi connectivity index (χ0v) is 20.2. The quantitative estimate of drug-likeness (QED) is 0.662. The molecule has 8 nitrogen and oxygen atoms in total. The number of nitrogens with zero attached hydrogens (tertiary/aromatic N) is 5. The summed E-state index contributed by atoms with van der Waals surface area (Å²) in [6, 6.07) is 4.14. The van der Waals surface area contributed by atoms with Gasteiger partial charge < -0.3 is 19.4 Å².